The first-order valence-corrected chi connectivity index (χ1v) is 6.90. The average molecular weight is 308 g/mol. The van der Waals surface area contributed by atoms with Crippen LogP contribution in [0.3, 0.4) is 0 Å². The molecule has 0 aliphatic rings. The van der Waals surface area contributed by atoms with Crippen molar-refractivity contribution in [2.75, 3.05) is 6.54 Å². The number of benzene rings is 1. The summed E-state index contributed by atoms with van der Waals surface area (Å²) in [5.74, 6) is 0.429. The molecule has 4 heteroatoms. The predicted molar refractivity (Wildman–Crippen MR) is 77.3 cm³/mol. The highest BCUT2D eigenvalue weighted by Gasteiger charge is 2.12. The van der Waals surface area contributed by atoms with Gasteiger partial charge in [-0.3, -0.25) is 4.68 Å². The van der Waals surface area contributed by atoms with Crippen LogP contribution in [0, 0.1) is 5.92 Å². The van der Waals surface area contributed by atoms with Gasteiger partial charge in [-0.2, -0.15) is 5.10 Å². The van der Waals surface area contributed by atoms with Crippen LogP contribution in [-0.2, 0) is 19.9 Å². The number of rotatable bonds is 5. The van der Waals surface area contributed by atoms with Crippen molar-refractivity contribution in [2.45, 2.75) is 12.8 Å². The third-order valence-corrected chi connectivity index (χ3v) is 3.84. The molecule has 1 aromatic heterocycles. The number of halogens is 1. The zero-order chi connectivity index (χ0) is 13.0. The lowest BCUT2D eigenvalue weighted by atomic mass is 9.95. The van der Waals surface area contributed by atoms with Gasteiger partial charge in [0.1, 0.15) is 0 Å². The van der Waals surface area contributed by atoms with Crippen LogP contribution in [0.2, 0.25) is 0 Å². The lowest BCUT2D eigenvalue weighted by Gasteiger charge is -2.14. The van der Waals surface area contributed by atoms with Crippen LogP contribution in [0.15, 0.2) is 41.0 Å². The highest BCUT2D eigenvalue weighted by atomic mass is 79.9. The molecule has 0 saturated carbocycles. The smallest absolute Gasteiger partial charge is 0.0627 e. The van der Waals surface area contributed by atoms with Gasteiger partial charge in [0.25, 0.3) is 0 Å². The van der Waals surface area contributed by atoms with E-state index in [2.05, 4.69) is 45.3 Å². The van der Waals surface area contributed by atoms with Crippen molar-refractivity contribution >= 4 is 15.9 Å². The molecule has 0 amide bonds. The van der Waals surface area contributed by atoms with Crippen molar-refractivity contribution in [2.24, 2.45) is 18.7 Å². The number of hydrogen-bond acceptors (Lipinski definition) is 2. The standard InChI is InChI=1S/C14H18BrN3/c1-18-7-6-13(17-18)9-11(10-16)8-12-4-2-3-5-14(12)15/h2-7,11H,8-10,16H2,1H3. The van der Waals surface area contributed by atoms with E-state index in [1.165, 1.54) is 5.56 Å². The second-order valence-corrected chi connectivity index (χ2v) is 5.44. The zero-order valence-electron chi connectivity index (χ0n) is 10.5. The fraction of sp³-hybridized carbons (Fsp3) is 0.357. The van der Waals surface area contributed by atoms with Gasteiger partial charge in [0.2, 0.25) is 0 Å². The van der Waals surface area contributed by atoms with E-state index >= 15 is 0 Å². The molecule has 0 saturated heterocycles. The molecule has 1 aromatic carbocycles. The maximum absolute atomic E-state index is 5.88. The summed E-state index contributed by atoms with van der Waals surface area (Å²) in [4.78, 5) is 0. The normalized spacial score (nSPS) is 12.6. The second-order valence-electron chi connectivity index (χ2n) is 4.58. The summed E-state index contributed by atoms with van der Waals surface area (Å²) in [5.41, 5.74) is 8.30. The Balaban J connectivity index is 2.04. The summed E-state index contributed by atoms with van der Waals surface area (Å²) in [6.07, 6.45) is 3.88. The Bertz CT molecular complexity index is 507. The van der Waals surface area contributed by atoms with Gasteiger partial charge in [-0.25, -0.2) is 0 Å². The number of aryl methyl sites for hydroxylation is 1. The number of nitrogens with zero attached hydrogens (tertiary/aromatic N) is 2. The molecule has 0 radical (unpaired) electrons. The van der Waals surface area contributed by atoms with Crippen molar-refractivity contribution in [1.29, 1.82) is 0 Å². The lowest BCUT2D eigenvalue weighted by molar-refractivity contribution is 0.521. The first kappa shape index (κ1) is 13.3. The zero-order valence-corrected chi connectivity index (χ0v) is 12.1. The maximum Gasteiger partial charge on any atom is 0.0627 e. The number of nitrogens with two attached hydrogens (primary N) is 1. The van der Waals surface area contributed by atoms with Crippen LogP contribution in [0.25, 0.3) is 0 Å². The summed E-state index contributed by atoms with van der Waals surface area (Å²) < 4.78 is 2.99. The SMILES string of the molecule is Cn1ccc(CC(CN)Cc2ccccc2Br)n1. The minimum atomic E-state index is 0.429. The van der Waals surface area contributed by atoms with Crippen molar-refractivity contribution in [3.8, 4) is 0 Å². The highest BCUT2D eigenvalue weighted by Crippen LogP contribution is 2.20. The number of aromatic nitrogens is 2. The van der Waals surface area contributed by atoms with Crippen LogP contribution in [0.5, 0.6) is 0 Å². The largest absolute Gasteiger partial charge is 0.330 e. The van der Waals surface area contributed by atoms with E-state index in [-0.39, 0.29) is 0 Å². The first-order chi connectivity index (χ1) is 8.69. The molecule has 1 heterocycles. The maximum atomic E-state index is 5.88. The molecule has 0 spiro atoms. The van der Waals surface area contributed by atoms with Gasteiger partial charge in [-0.1, -0.05) is 34.1 Å². The third-order valence-electron chi connectivity index (χ3n) is 3.07. The molecule has 0 aliphatic carbocycles. The summed E-state index contributed by atoms with van der Waals surface area (Å²) in [7, 11) is 1.94. The Morgan fingerprint density at radius 1 is 1.28 bits per heavy atom. The number of hydrogen-bond donors (Lipinski definition) is 1. The van der Waals surface area contributed by atoms with Gasteiger partial charge in [-0.15, -0.1) is 0 Å². The molecule has 2 aromatic rings. The van der Waals surface area contributed by atoms with Crippen molar-refractivity contribution in [1.82, 2.24) is 9.78 Å². The molecule has 2 N–H and O–H groups in total. The van der Waals surface area contributed by atoms with Crippen LogP contribution >= 0.6 is 15.9 Å². The van der Waals surface area contributed by atoms with E-state index in [0.717, 1.165) is 23.0 Å². The summed E-state index contributed by atoms with van der Waals surface area (Å²) >= 11 is 3.58. The molecular weight excluding hydrogens is 290 g/mol. The monoisotopic (exact) mass is 307 g/mol. The van der Waals surface area contributed by atoms with E-state index in [9.17, 15) is 0 Å². The third kappa shape index (κ3) is 3.43. The van der Waals surface area contributed by atoms with E-state index < -0.39 is 0 Å². The Labute approximate surface area is 116 Å². The molecule has 0 bridgehead atoms. The van der Waals surface area contributed by atoms with Crippen molar-refractivity contribution < 1.29 is 0 Å². The van der Waals surface area contributed by atoms with Crippen LogP contribution in [-0.4, -0.2) is 16.3 Å². The average Bonchev–Trinajstić information content (AvgIpc) is 2.76. The predicted octanol–water partition coefficient (Wildman–Crippen LogP) is 2.54. The summed E-state index contributed by atoms with van der Waals surface area (Å²) in [6.45, 7) is 0.678. The topological polar surface area (TPSA) is 43.8 Å². The molecule has 96 valence electrons. The van der Waals surface area contributed by atoms with Gasteiger partial charge in [-0.05, 0) is 43.0 Å². The Morgan fingerprint density at radius 3 is 2.67 bits per heavy atom. The van der Waals surface area contributed by atoms with Gasteiger partial charge >= 0.3 is 0 Å². The van der Waals surface area contributed by atoms with Gasteiger partial charge in [0.05, 0.1) is 5.69 Å². The minimum absolute atomic E-state index is 0.429. The quantitative estimate of drug-likeness (QED) is 0.922. The fourth-order valence-corrected chi connectivity index (χ4v) is 2.53. The van der Waals surface area contributed by atoms with E-state index in [0.29, 0.717) is 12.5 Å². The molecule has 3 nitrogen and oxygen atoms in total. The van der Waals surface area contributed by atoms with Crippen LogP contribution in [0.4, 0.5) is 0 Å². The highest BCUT2D eigenvalue weighted by molar-refractivity contribution is 9.10. The first-order valence-electron chi connectivity index (χ1n) is 6.11. The lowest BCUT2D eigenvalue weighted by Crippen LogP contribution is -2.20. The van der Waals surface area contributed by atoms with Gasteiger partial charge in [0.15, 0.2) is 0 Å². The van der Waals surface area contributed by atoms with Gasteiger partial charge < -0.3 is 5.73 Å². The van der Waals surface area contributed by atoms with Gasteiger partial charge in [0, 0.05) is 17.7 Å². The molecule has 1 unspecified atom stereocenters. The second kappa shape index (κ2) is 6.16. The summed E-state index contributed by atoms with van der Waals surface area (Å²) in [6, 6.07) is 10.4. The van der Waals surface area contributed by atoms with E-state index in [1.807, 2.05) is 24.0 Å². The Kier molecular flexibility index (Phi) is 4.55. The van der Waals surface area contributed by atoms with Crippen molar-refractivity contribution in [3.63, 3.8) is 0 Å². The minimum Gasteiger partial charge on any atom is -0.330 e. The van der Waals surface area contributed by atoms with E-state index in [4.69, 9.17) is 5.73 Å². The Hall–Kier alpha value is -1.13. The summed E-state index contributed by atoms with van der Waals surface area (Å²) in [5, 5.41) is 4.41. The Morgan fingerprint density at radius 2 is 2.06 bits per heavy atom. The molecule has 0 aliphatic heterocycles. The molecular formula is C14H18BrN3. The molecule has 2 rings (SSSR count). The molecule has 1 atom stereocenters. The van der Waals surface area contributed by atoms with Crippen molar-refractivity contribution in [3.05, 3.63) is 52.3 Å². The molecule has 0 fully saturated rings. The molecule has 18 heavy (non-hydrogen) atoms. The van der Waals surface area contributed by atoms with Crippen LogP contribution in [0.1, 0.15) is 11.3 Å². The van der Waals surface area contributed by atoms with E-state index in [1.54, 1.807) is 0 Å². The van der Waals surface area contributed by atoms with Crippen LogP contribution < -0.4 is 5.73 Å². The fourth-order valence-electron chi connectivity index (χ4n) is 2.08.